The fourth-order valence-corrected chi connectivity index (χ4v) is 2.48. The van der Waals surface area contributed by atoms with Crippen LogP contribution in [0, 0.1) is 0 Å². The number of amides is 4. The predicted molar refractivity (Wildman–Crippen MR) is 66.3 cm³/mol. The smallest absolute Gasteiger partial charge is 0.322 e. The maximum absolute atomic E-state index is 11.9. The minimum Gasteiger partial charge on any atom is -0.381 e. The van der Waals surface area contributed by atoms with E-state index in [9.17, 15) is 14.4 Å². The molecule has 0 aliphatic carbocycles. The van der Waals surface area contributed by atoms with Gasteiger partial charge in [0.25, 0.3) is 5.91 Å². The number of nitrogens with one attached hydrogen (secondary N) is 2. The van der Waals surface area contributed by atoms with Gasteiger partial charge in [-0.05, 0) is 19.8 Å². The molecule has 1 spiro atoms. The van der Waals surface area contributed by atoms with Crippen LogP contribution in [0.3, 0.4) is 0 Å². The Morgan fingerprint density at radius 1 is 1.37 bits per heavy atom. The standard InChI is InChI=1S/C12H19N3O4/c1-2-19-8-3-9(16)15-6-4-12(5-7-15)10(17)13-11(18)14-12/h2-8H2,1H3,(H2,13,14,17,18). The molecular weight excluding hydrogens is 250 g/mol. The highest BCUT2D eigenvalue weighted by Crippen LogP contribution is 2.25. The highest BCUT2D eigenvalue weighted by Gasteiger charge is 2.48. The zero-order chi connectivity index (χ0) is 13.9. The van der Waals surface area contributed by atoms with Gasteiger partial charge >= 0.3 is 6.03 Å². The Morgan fingerprint density at radius 2 is 2.05 bits per heavy atom. The number of carbonyl (C=O) groups excluding carboxylic acids is 3. The molecule has 0 unspecified atom stereocenters. The van der Waals surface area contributed by atoms with Crippen LogP contribution in [0.2, 0.25) is 0 Å². The zero-order valence-electron chi connectivity index (χ0n) is 11.0. The number of nitrogens with zero attached hydrogens (tertiary/aromatic N) is 1. The predicted octanol–water partition coefficient (Wildman–Crippen LogP) is -0.386. The lowest BCUT2D eigenvalue weighted by molar-refractivity contribution is -0.136. The van der Waals surface area contributed by atoms with Crippen LogP contribution >= 0.6 is 0 Å². The summed E-state index contributed by atoms with van der Waals surface area (Å²) in [6, 6.07) is -0.443. The van der Waals surface area contributed by atoms with E-state index in [-0.39, 0.29) is 11.8 Å². The van der Waals surface area contributed by atoms with Crippen molar-refractivity contribution in [2.24, 2.45) is 0 Å². The van der Waals surface area contributed by atoms with Crippen LogP contribution < -0.4 is 10.6 Å². The summed E-state index contributed by atoms with van der Waals surface area (Å²) in [6.45, 7) is 3.88. The van der Waals surface area contributed by atoms with Crippen LogP contribution in [0.5, 0.6) is 0 Å². The molecule has 2 rings (SSSR count). The van der Waals surface area contributed by atoms with Gasteiger partial charge in [-0.2, -0.15) is 0 Å². The molecule has 0 aromatic carbocycles. The SMILES string of the molecule is CCOCCC(=O)N1CCC2(CC1)NC(=O)NC2=O. The van der Waals surface area contributed by atoms with Crippen molar-refractivity contribution in [2.45, 2.75) is 31.7 Å². The second-order valence-electron chi connectivity index (χ2n) is 4.82. The Labute approximate surface area is 111 Å². The normalized spacial score (nSPS) is 21.4. The van der Waals surface area contributed by atoms with Gasteiger partial charge in [-0.25, -0.2) is 4.79 Å². The van der Waals surface area contributed by atoms with Crippen molar-refractivity contribution in [3.05, 3.63) is 0 Å². The molecule has 0 radical (unpaired) electrons. The Morgan fingerprint density at radius 3 is 2.58 bits per heavy atom. The van der Waals surface area contributed by atoms with Crippen molar-refractivity contribution < 1.29 is 19.1 Å². The van der Waals surface area contributed by atoms with Gasteiger partial charge in [-0.15, -0.1) is 0 Å². The minimum atomic E-state index is -0.812. The molecule has 106 valence electrons. The Bertz CT molecular complexity index is 388. The number of likely N-dealkylation sites (tertiary alicyclic amines) is 1. The van der Waals surface area contributed by atoms with Crippen molar-refractivity contribution in [3.8, 4) is 0 Å². The van der Waals surface area contributed by atoms with Crippen molar-refractivity contribution in [3.63, 3.8) is 0 Å². The van der Waals surface area contributed by atoms with E-state index in [1.807, 2.05) is 6.92 Å². The monoisotopic (exact) mass is 269 g/mol. The van der Waals surface area contributed by atoms with Crippen LogP contribution in [0.15, 0.2) is 0 Å². The summed E-state index contributed by atoms with van der Waals surface area (Å²) >= 11 is 0. The molecule has 2 heterocycles. The van der Waals surface area contributed by atoms with Gasteiger partial charge < -0.3 is 15.0 Å². The highest BCUT2D eigenvalue weighted by molar-refractivity contribution is 6.07. The largest absolute Gasteiger partial charge is 0.381 e. The van der Waals surface area contributed by atoms with Crippen LogP contribution in [-0.2, 0) is 14.3 Å². The van der Waals surface area contributed by atoms with Gasteiger partial charge in [0.15, 0.2) is 0 Å². The second-order valence-corrected chi connectivity index (χ2v) is 4.82. The average molecular weight is 269 g/mol. The van der Waals surface area contributed by atoms with E-state index in [4.69, 9.17) is 4.74 Å². The summed E-state index contributed by atoms with van der Waals surface area (Å²) in [5.41, 5.74) is -0.812. The van der Waals surface area contributed by atoms with Crippen LogP contribution in [0.4, 0.5) is 4.79 Å². The maximum Gasteiger partial charge on any atom is 0.322 e. The first-order valence-corrected chi connectivity index (χ1v) is 6.56. The molecular formula is C12H19N3O4. The topological polar surface area (TPSA) is 87.7 Å². The highest BCUT2D eigenvalue weighted by atomic mass is 16.5. The Kier molecular flexibility index (Phi) is 4.04. The number of hydrogen-bond acceptors (Lipinski definition) is 4. The lowest BCUT2D eigenvalue weighted by Crippen LogP contribution is -2.55. The summed E-state index contributed by atoms with van der Waals surface area (Å²) in [5, 5.41) is 4.92. The molecule has 19 heavy (non-hydrogen) atoms. The average Bonchev–Trinajstić information content (AvgIpc) is 2.65. The van der Waals surface area contributed by atoms with Crippen LogP contribution in [0.25, 0.3) is 0 Å². The maximum atomic E-state index is 11.9. The third-order valence-electron chi connectivity index (χ3n) is 3.65. The second kappa shape index (κ2) is 5.56. The van der Waals surface area contributed by atoms with Gasteiger partial charge in [0.05, 0.1) is 13.0 Å². The number of ether oxygens (including phenoxy) is 1. The van der Waals surface area contributed by atoms with Crippen molar-refractivity contribution in [2.75, 3.05) is 26.3 Å². The van der Waals surface area contributed by atoms with E-state index in [2.05, 4.69) is 10.6 Å². The van der Waals surface area contributed by atoms with E-state index >= 15 is 0 Å². The molecule has 2 aliphatic heterocycles. The van der Waals surface area contributed by atoms with Gasteiger partial charge in [0, 0.05) is 19.7 Å². The summed E-state index contributed by atoms with van der Waals surface area (Å²) in [6.07, 6.45) is 1.29. The third kappa shape index (κ3) is 2.86. The van der Waals surface area contributed by atoms with E-state index in [1.165, 1.54) is 0 Å². The van der Waals surface area contributed by atoms with Gasteiger partial charge in [-0.1, -0.05) is 0 Å². The van der Waals surface area contributed by atoms with Gasteiger partial charge in [-0.3, -0.25) is 14.9 Å². The fraction of sp³-hybridized carbons (Fsp3) is 0.750. The summed E-state index contributed by atoms with van der Waals surface area (Å²) < 4.78 is 5.15. The summed E-state index contributed by atoms with van der Waals surface area (Å²) in [5.74, 6) is -0.244. The molecule has 2 N–H and O–H groups in total. The molecule has 0 atom stereocenters. The first-order valence-electron chi connectivity index (χ1n) is 6.56. The molecule has 0 aromatic heterocycles. The van der Waals surface area contributed by atoms with Gasteiger partial charge in [0.2, 0.25) is 5.91 Å². The summed E-state index contributed by atoms with van der Waals surface area (Å²) in [4.78, 5) is 36.5. The first kappa shape index (κ1) is 13.8. The molecule has 0 bridgehead atoms. The van der Waals surface area contributed by atoms with Crippen LogP contribution in [0.1, 0.15) is 26.2 Å². The quantitative estimate of drug-likeness (QED) is 0.537. The lowest BCUT2D eigenvalue weighted by atomic mass is 9.87. The number of imide groups is 1. The number of hydrogen-bond donors (Lipinski definition) is 2. The zero-order valence-corrected chi connectivity index (χ0v) is 11.0. The number of carbonyl (C=O) groups is 3. The molecule has 4 amide bonds. The van der Waals surface area contributed by atoms with Crippen molar-refractivity contribution in [1.82, 2.24) is 15.5 Å². The molecule has 0 saturated carbocycles. The molecule has 2 fully saturated rings. The minimum absolute atomic E-state index is 0.0352. The van der Waals surface area contributed by atoms with E-state index in [1.54, 1.807) is 4.90 Å². The third-order valence-corrected chi connectivity index (χ3v) is 3.65. The Hall–Kier alpha value is -1.63. The van der Waals surface area contributed by atoms with Crippen molar-refractivity contribution >= 4 is 17.8 Å². The number of rotatable bonds is 4. The molecule has 0 aromatic rings. The van der Waals surface area contributed by atoms with E-state index < -0.39 is 11.6 Å². The summed E-state index contributed by atoms with van der Waals surface area (Å²) in [7, 11) is 0. The molecule has 7 nitrogen and oxygen atoms in total. The lowest BCUT2D eigenvalue weighted by Gasteiger charge is -2.37. The molecule has 2 saturated heterocycles. The van der Waals surface area contributed by atoms with Crippen LogP contribution in [-0.4, -0.2) is 54.6 Å². The Balaban J connectivity index is 1.84. The first-order chi connectivity index (χ1) is 9.07. The fourth-order valence-electron chi connectivity index (χ4n) is 2.48. The van der Waals surface area contributed by atoms with E-state index in [0.717, 1.165) is 0 Å². The number of piperidine rings is 1. The van der Waals surface area contributed by atoms with Gasteiger partial charge in [0.1, 0.15) is 5.54 Å². The number of urea groups is 1. The molecule has 2 aliphatic rings. The van der Waals surface area contributed by atoms with Crippen molar-refractivity contribution in [1.29, 1.82) is 0 Å². The van der Waals surface area contributed by atoms with E-state index in [0.29, 0.717) is 45.6 Å². The molecule has 7 heteroatoms.